The third-order valence-electron chi connectivity index (χ3n) is 4.98. The van der Waals surface area contributed by atoms with Gasteiger partial charge in [0.2, 0.25) is 0 Å². The highest BCUT2D eigenvalue weighted by Gasteiger charge is 2.39. The van der Waals surface area contributed by atoms with E-state index in [1.165, 1.54) is 0 Å². The first kappa shape index (κ1) is 18.5. The van der Waals surface area contributed by atoms with Gasteiger partial charge in [0.25, 0.3) is 0 Å². The molecule has 0 spiro atoms. The van der Waals surface area contributed by atoms with Gasteiger partial charge in [-0.2, -0.15) is 0 Å². The van der Waals surface area contributed by atoms with Crippen molar-refractivity contribution in [2.45, 2.75) is 26.7 Å². The van der Waals surface area contributed by atoms with Crippen LogP contribution in [0.3, 0.4) is 0 Å². The quantitative estimate of drug-likeness (QED) is 0.846. The fourth-order valence-corrected chi connectivity index (χ4v) is 3.77. The van der Waals surface area contributed by atoms with Crippen molar-refractivity contribution in [1.29, 1.82) is 0 Å². The predicted molar refractivity (Wildman–Crippen MR) is 104 cm³/mol. The highest BCUT2D eigenvalue weighted by Crippen LogP contribution is 2.44. The SMILES string of the molecule is CC1=C(C(=O)O)C(c2ccccc2)C(C(=O)O)=C(C)N1c1ccccc1C. The second kappa shape index (κ2) is 7.11. The third kappa shape index (κ3) is 3.12. The molecule has 3 rings (SSSR count). The monoisotopic (exact) mass is 363 g/mol. The summed E-state index contributed by atoms with van der Waals surface area (Å²) in [6.07, 6.45) is 0. The minimum Gasteiger partial charge on any atom is -0.478 e. The summed E-state index contributed by atoms with van der Waals surface area (Å²) in [6, 6.07) is 16.4. The van der Waals surface area contributed by atoms with Gasteiger partial charge in [-0.3, -0.25) is 0 Å². The van der Waals surface area contributed by atoms with Gasteiger partial charge in [0, 0.05) is 17.1 Å². The number of aryl methyl sites for hydroxylation is 1. The molecule has 138 valence electrons. The van der Waals surface area contributed by atoms with E-state index in [9.17, 15) is 19.8 Å². The fraction of sp³-hybridized carbons (Fsp3) is 0.182. The fourth-order valence-electron chi connectivity index (χ4n) is 3.77. The van der Waals surface area contributed by atoms with Crippen LogP contribution in [0.2, 0.25) is 0 Å². The molecule has 27 heavy (non-hydrogen) atoms. The number of anilines is 1. The van der Waals surface area contributed by atoms with Gasteiger partial charge in [0.15, 0.2) is 0 Å². The second-order valence-corrected chi connectivity index (χ2v) is 6.57. The van der Waals surface area contributed by atoms with E-state index in [1.807, 2.05) is 37.3 Å². The molecule has 0 bridgehead atoms. The van der Waals surface area contributed by atoms with Crippen molar-refractivity contribution in [3.63, 3.8) is 0 Å². The maximum atomic E-state index is 12.2. The highest BCUT2D eigenvalue weighted by atomic mass is 16.4. The normalized spacial score (nSPS) is 15.3. The molecule has 0 radical (unpaired) electrons. The van der Waals surface area contributed by atoms with Gasteiger partial charge in [-0.25, -0.2) is 9.59 Å². The number of carboxylic acid groups (broad SMARTS) is 2. The maximum Gasteiger partial charge on any atom is 0.334 e. The Kier molecular flexibility index (Phi) is 4.86. The molecule has 2 N–H and O–H groups in total. The Labute approximate surface area is 157 Å². The first-order chi connectivity index (χ1) is 12.8. The van der Waals surface area contributed by atoms with E-state index in [0.29, 0.717) is 17.0 Å². The standard InChI is InChI=1S/C22H21NO4/c1-13-9-7-8-12-17(13)23-14(2)18(21(24)25)20(16-10-5-4-6-11-16)19(15(23)3)22(26)27/h4-12,20H,1-3H3,(H,24,25)(H,26,27). The van der Waals surface area contributed by atoms with Gasteiger partial charge in [0.05, 0.1) is 17.1 Å². The summed E-state index contributed by atoms with van der Waals surface area (Å²) in [5.41, 5.74) is 3.55. The molecule has 2 aromatic rings. The van der Waals surface area contributed by atoms with Gasteiger partial charge in [0.1, 0.15) is 0 Å². The zero-order valence-electron chi connectivity index (χ0n) is 15.4. The lowest BCUT2D eigenvalue weighted by Gasteiger charge is -2.37. The van der Waals surface area contributed by atoms with Crippen molar-refractivity contribution in [2.75, 3.05) is 4.90 Å². The first-order valence-corrected chi connectivity index (χ1v) is 8.63. The number of hydrogen-bond acceptors (Lipinski definition) is 3. The van der Waals surface area contributed by atoms with Crippen LogP contribution in [-0.2, 0) is 9.59 Å². The first-order valence-electron chi connectivity index (χ1n) is 8.63. The zero-order chi connectivity index (χ0) is 19.7. The van der Waals surface area contributed by atoms with E-state index in [1.54, 1.807) is 43.0 Å². The maximum absolute atomic E-state index is 12.2. The molecule has 0 saturated carbocycles. The minimum atomic E-state index is -1.12. The van der Waals surface area contributed by atoms with Crippen molar-refractivity contribution in [1.82, 2.24) is 0 Å². The van der Waals surface area contributed by atoms with Crippen LogP contribution in [0.4, 0.5) is 5.69 Å². The van der Waals surface area contributed by atoms with Gasteiger partial charge in [-0.15, -0.1) is 0 Å². The Morgan fingerprint density at radius 2 is 1.26 bits per heavy atom. The number of aliphatic carboxylic acids is 2. The summed E-state index contributed by atoms with van der Waals surface area (Å²) in [5, 5.41) is 19.9. The Hall–Kier alpha value is -3.34. The molecular weight excluding hydrogens is 342 g/mol. The summed E-state index contributed by atoms with van der Waals surface area (Å²) < 4.78 is 0. The summed E-state index contributed by atoms with van der Waals surface area (Å²) in [5.74, 6) is -3.07. The molecule has 2 aromatic carbocycles. The van der Waals surface area contributed by atoms with Crippen molar-refractivity contribution in [3.8, 4) is 0 Å². The molecular formula is C22H21NO4. The number of benzene rings is 2. The highest BCUT2D eigenvalue weighted by molar-refractivity contribution is 6.00. The predicted octanol–water partition coefficient (Wildman–Crippen LogP) is 4.32. The molecule has 0 amide bonds. The number of rotatable bonds is 4. The van der Waals surface area contributed by atoms with E-state index in [-0.39, 0.29) is 11.1 Å². The molecule has 0 aromatic heterocycles. The molecule has 0 saturated heterocycles. The second-order valence-electron chi connectivity index (χ2n) is 6.57. The number of hydrogen-bond donors (Lipinski definition) is 2. The molecule has 0 fully saturated rings. The molecule has 1 heterocycles. The number of nitrogens with zero attached hydrogens (tertiary/aromatic N) is 1. The van der Waals surface area contributed by atoms with Crippen LogP contribution >= 0.6 is 0 Å². The molecule has 5 nitrogen and oxygen atoms in total. The topological polar surface area (TPSA) is 77.8 Å². The van der Waals surface area contributed by atoms with Crippen LogP contribution in [0.25, 0.3) is 0 Å². The lowest BCUT2D eigenvalue weighted by atomic mass is 9.79. The van der Waals surface area contributed by atoms with Gasteiger partial charge in [-0.1, -0.05) is 48.5 Å². The molecule has 0 aliphatic carbocycles. The molecule has 1 aliphatic rings. The largest absolute Gasteiger partial charge is 0.478 e. The number of carbonyl (C=O) groups is 2. The summed E-state index contributed by atoms with van der Waals surface area (Å²) >= 11 is 0. The van der Waals surface area contributed by atoms with Crippen LogP contribution in [-0.4, -0.2) is 22.2 Å². The van der Waals surface area contributed by atoms with E-state index >= 15 is 0 Å². The number of allylic oxidation sites excluding steroid dienone is 2. The van der Waals surface area contributed by atoms with Crippen LogP contribution in [0.15, 0.2) is 77.1 Å². The summed E-state index contributed by atoms with van der Waals surface area (Å²) in [4.78, 5) is 26.1. The average Bonchev–Trinajstić information content (AvgIpc) is 2.62. The summed E-state index contributed by atoms with van der Waals surface area (Å²) in [7, 11) is 0. The van der Waals surface area contributed by atoms with Gasteiger partial charge < -0.3 is 15.1 Å². The van der Waals surface area contributed by atoms with Crippen molar-refractivity contribution in [3.05, 3.63) is 88.3 Å². The average molecular weight is 363 g/mol. The molecule has 0 unspecified atom stereocenters. The smallest absolute Gasteiger partial charge is 0.334 e. The molecule has 0 atom stereocenters. The number of para-hydroxylation sites is 1. The van der Waals surface area contributed by atoms with Crippen LogP contribution < -0.4 is 4.90 Å². The van der Waals surface area contributed by atoms with E-state index < -0.39 is 17.9 Å². The van der Waals surface area contributed by atoms with Crippen molar-refractivity contribution in [2.24, 2.45) is 0 Å². The van der Waals surface area contributed by atoms with Crippen molar-refractivity contribution >= 4 is 17.6 Å². The lowest BCUT2D eigenvalue weighted by molar-refractivity contribution is -0.133. The third-order valence-corrected chi connectivity index (χ3v) is 4.98. The van der Waals surface area contributed by atoms with Crippen LogP contribution in [0, 0.1) is 6.92 Å². The molecule has 5 heteroatoms. The van der Waals surface area contributed by atoms with Gasteiger partial charge in [-0.05, 0) is 38.0 Å². The molecule has 1 aliphatic heterocycles. The number of carboxylic acids is 2. The summed E-state index contributed by atoms with van der Waals surface area (Å²) in [6.45, 7) is 5.38. The van der Waals surface area contributed by atoms with E-state index in [2.05, 4.69) is 0 Å². The minimum absolute atomic E-state index is 0.0763. The van der Waals surface area contributed by atoms with Gasteiger partial charge >= 0.3 is 11.9 Å². The Bertz CT molecular complexity index is 935. The zero-order valence-corrected chi connectivity index (χ0v) is 15.4. The van der Waals surface area contributed by atoms with Crippen molar-refractivity contribution < 1.29 is 19.8 Å². The van der Waals surface area contributed by atoms with Crippen LogP contribution in [0.5, 0.6) is 0 Å². The Morgan fingerprint density at radius 3 is 1.74 bits per heavy atom. The van der Waals surface area contributed by atoms with Crippen LogP contribution in [0.1, 0.15) is 30.9 Å². The van der Waals surface area contributed by atoms with E-state index in [4.69, 9.17) is 0 Å². The Balaban J connectivity index is 2.34. The Morgan fingerprint density at radius 1 is 0.778 bits per heavy atom. The van der Waals surface area contributed by atoms with E-state index in [0.717, 1.165) is 11.3 Å². The lowest BCUT2D eigenvalue weighted by Crippen LogP contribution is -2.34.